The van der Waals surface area contributed by atoms with Crippen LogP contribution in [0.15, 0.2) is 0 Å². The van der Waals surface area contributed by atoms with Crippen LogP contribution >= 0.6 is 0 Å². The Bertz CT molecular complexity index is 902. The number of unbranched alkanes of at least 4 members (excludes halogenated alkanes) is 31. The molecule has 59 heavy (non-hydrogen) atoms. The van der Waals surface area contributed by atoms with Gasteiger partial charge in [0, 0.05) is 19.3 Å². The summed E-state index contributed by atoms with van der Waals surface area (Å²) in [5, 5.41) is 0. The Hall–Kier alpha value is -1.59. The number of rotatable bonds is 47. The predicted molar refractivity (Wildman–Crippen MR) is 252 cm³/mol. The van der Waals surface area contributed by atoms with E-state index in [1.165, 1.54) is 180 Å². The summed E-state index contributed by atoms with van der Waals surface area (Å²) in [6.07, 6.45) is 46.6. The average molecular weight is 835 g/mol. The van der Waals surface area contributed by atoms with Gasteiger partial charge in [0.05, 0.1) is 0 Å². The standard InChI is InChI=1S/C53H102O6/c1-6-8-9-10-11-12-13-14-15-16-17-18-22-28-33-38-43-51(54)57-46-50(47-58-52(55)44-39-34-29-25-24-26-31-36-41-48(3)4)59-53(56)45-40-35-30-23-20-19-21-27-32-37-42-49(5)7-2/h48-50H,6-47H2,1-5H3/t49?,50-/m0/s1. The molecule has 0 aromatic heterocycles. The van der Waals surface area contributed by atoms with Crippen molar-refractivity contribution in [3.63, 3.8) is 0 Å². The molecule has 0 bridgehead atoms. The van der Waals surface area contributed by atoms with Gasteiger partial charge in [0.25, 0.3) is 0 Å². The minimum atomic E-state index is -0.762. The molecule has 2 atom stereocenters. The summed E-state index contributed by atoms with van der Waals surface area (Å²) >= 11 is 0. The number of hydrogen-bond acceptors (Lipinski definition) is 6. The zero-order chi connectivity index (χ0) is 43.3. The fourth-order valence-corrected chi connectivity index (χ4v) is 7.96. The Labute approximate surface area is 368 Å². The smallest absolute Gasteiger partial charge is 0.306 e. The van der Waals surface area contributed by atoms with Crippen LogP contribution in [0, 0.1) is 11.8 Å². The molecule has 0 N–H and O–H groups in total. The van der Waals surface area contributed by atoms with Gasteiger partial charge in [0.1, 0.15) is 13.2 Å². The topological polar surface area (TPSA) is 78.9 Å². The van der Waals surface area contributed by atoms with Gasteiger partial charge in [-0.25, -0.2) is 0 Å². The Morgan fingerprint density at radius 1 is 0.356 bits per heavy atom. The molecule has 0 amide bonds. The first kappa shape index (κ1) is 57.4. The molecule has 0 aromatic carbocycles. The lowest BCUT2D eigenvalue weighted by Gasteiger charge is -2.18. The summed E-state index contributed by atoms with van der Waals surface area (Å²) in [4.78, 5) is 37.9. The van der Waals surface area contributed by atoms with Crippen LogP contribution in [0.25, 0.3) is 0 Å². The lowest BCUT2D eigenvalue weighted by molar-refractivity contribution is -0.167. The molecular formula is C53H102O6. The number of esters is 3. The summed E-state index contributed by atoms with van der Waals surface area (Å²) in [6.45, 7) is 11.4. The molecule has 0 radical (unpaired) electrons. The van der Waals surface area contributed by atoms with Crippen molar-refractivity contribution in [1.29, 1.82) is 0 Å². The Morgan fingerprint density at radius 3 is 0.966 bits per heavy atom. The van der Waals surface area contributed by atoms with Gasteiger partial charge in [-0.15, -0.1) is 0 Å². The SMILES string of the molecule is CCCCCCCCCCCCCCCCCCC(=O)OC[C@@H](COC(=O)CCCCCCCCCCC(C)C)OC(=O)CCCCCCCCCCCCC(C)CC. The molecule has 1 unspecified atom stereocenters. The van der Waals surface area contributed by atoms with Crippen LogP contribution in [0.4, 0.5) is 0 Å². The van der Waals surface area contributed by atoms with E-state index in [0.29, 0.717) is 19.3 Å². The molecule has 0 rings (SSSR count). The van der Waals surface area contributed by atoms with Crippen molar-refractivity contribution in [2.45, 2.75) is 298 Å². The van der Waals surface area contributed by atoms with Crippen LogP contribution < -0.4 is 0 Å². The van der Waals surface area contributed by atoms with Gasteiger partial charge < -0.3 is 14.2 Å². The van der Waals surface area contributed by atoms with Gasteiger partial charge in [-0.3, -0.25) is 14.4 Å². The Morgan fingerprint density at radius 2 is 0.644 bits per heavy atom. The number of carbonyl (C=O) groups excluding carboxylic acids is 3. The van der Waals surface area contributed by atoms with Crippen LogP contribution in [0.3, 0.4) is 0 Å². The van der Waals surface area contributed by atoms with Gasteiger partial charge in [0.2, 0.25) is 0 Å². The Kier molecular flexibility index (Phi) is 44.7. The number of ether oxygens (including phenoxy) is 3. The highest BCUT2D eigenvalue weighted by atomic mass is 16.6. The summed E-state index contributed by atoms with van der Waals surface area (Å²) in [7, 11) is 0. The second-order valence-electron chi connectivity index (χ2n) is 18.9. The van der Waals surface area contributed by atoms with Gasteiger partial charge >= 0.3 is 17.9 Å². The third kappa shape index (κ3) is 45.8. The maximum Gasteiger partial charge on any atom is 0.306 e. The minimum absolute atomic E-state index is 0.0640. The lowest BCUT2D eigenvalue weighted by atomic mass is 9.99. The van der Waals surface area contributed by atoms with E-state index >= 15 is 0 Å². The van der Waals surface area contributed by atoms with E-state index in [9.17, 15) is 14.4 Å². The van der Waals surface area contributed by atoms with E-state index in [-0.39, 0.29) is 31.1 Å². The zero-order valence-corrected chi connectivity index (χ0v) is 40.4. The van der Waals surface area contributed by atoms with Crippen molar-refractivity contribution in [3.8, 4) is 0 Å². The summed E-state index contributed by atoms with van der Waals surface area (Å²) in [5.41, 5.74) is 0. The highest BCUT2D eigenvalue weighted by Crippen LogP contribution is 2.18. The third-order valence-electron chi connectivity index (χ3n) is 12.3. The first-order chi connectivity index (χ1) is 28.8. The fourth-order valence-electron chi connectivity index (χ4n) is 7.96. The Balaban J connectivity index is 4.30. The van der Waals surface area contributed by atoms with Crippen molar-refractivity contribution in [2.75, 3.05) is 13.2 Å². The zero-order valence-electron chi connectivity index (χ0n) is 40.4. The van der Waals surface area contributed by atoms with Crippen LogP contribution in [-0.4, -0.2) is 37.2 Å². The quantitative estimate of drug-likeness (QED) is 0.0345. The maximum absolute atomic E-state index is 12.8. The first-order valence-electron chi connectivity index (χ1n) is 26.3. The minimum Gasteiger partial charge on any atom is -0.462 e. The van der Waals surface area contributed by atoms with Gasteiger partial charge in [-0.1, -0.05) is 253 Å². The van der Waals surface area contributed by atoms with E-state index in [1.54, 1.807) is 0 Å². The molecule has 6 heteroatoms. The molecular weight excluding hydrogens is 733 g/mol. The highest BCUT2D eigenvalue weighted by molar-refractivity contribution is 5.71. The van der Waals surface area contributed by atoms with Crippen LogP contribution in [-0.2, 0) is 28.6 Å². The van der Waals surface area contributed by atoms with Crippen molar-refractivity contribution in [3.05, 3.63) is 0 Å². The number of carbonyl (C=O) groups is 3. The second kappa shape index (κ2) is 45.9. The molecule has 0 saturated carbocycles. The molecule has 0 fully saturated rings. The molecule has 6 nitrogen and oxygen atoms in total. The van der Waals surface area contributed by atoms with E-state index in [2.05, 4.69) is 34.6 Å². The van der Waals surface area contributed by atoms with E-state index in [0.717, 1.165) is 69.6 Å². The summed E-state index contributed by atoms with van der Waals surface area (Å²) < 4.78 is 16.8. The molecule has 0 aliphatic heterocycles. The van der Waals surface area contributed by atoms with E-state index in [1.807, 2.05) is 0 Å². The van der Waals surface area contributed by atoms with Crippen LogP contribution in [0.5, 0.6) is 0 Å². The largest absolute Gasteiger partial charge is 0.462 e. The molecule has 0 aliphatic rings. The van der Waals surface area contributed by atoms with Crippen LogP contribution in [0.1, 0.15) is 291 Å². The van der Waals surface area contributed by atoms with Gasteiger partial charge in [-0.2, -0.15) is 0 Å². The third-order valence-corrected chi connectivity index (χ3v) is 12.3. The molecule has 0 spiro atoms. The summed E-state index contributed by atoms with van der Waals surface area (Å²) in [6, 6.07) is 0. The molecule has 350 valence electrons. The van der Waals surface area contributed by atoms with Gasteiger partial charge in [-0.05, 0) is 31.1 Å². The molecule has 0 aromatic rings. The van der Waals surface area contributed by atoms with Crippen molar-refractivity contribution >= 4 is 17.9 Å². The maximum atomic E-state index is 12.8. The normalized spacial score (nSPS) is 12.5. The lowest BCUT2D eigenvalue weighted by Crippen LogP contribution is -2.30. The van der Waals surface area contributed by atoms with E-state index in [4.69, 9.17) is 14.2 Å². The van der Waals surface area contributed by atoms with Crippen molar-refractivity contribution in [2.24, 2.45) is 11.8 Å². The highest BCUT2D eigenvalue weighted by Gasteiger charge is 2.19. The first-order valence-corrected chi connectivity index (χ1v) is 26.3. The predicted octanol–water partition coefficient (Wildman–Crippen LogP) is 16.9. The monoisotopic (exact) mass is 835 g/mol. The number of hydrogen-bond donors (Lipinski definition) is 0. The van der Waals surface area contributed by atoms with Crippen LogP contribution in [0.2, 0.25) is 0 Å². The molecule has 0 aliphatic carbocycles. The van der Waals surface area contributed by atoms with Gasteiger partial charge in [0.15, 0.2) is 6.10 Å². The second-order valence-corrected chi connectivity index (χ2v) is 18.9. The van der Waals surface area contributed by atoms with Crippen molar-refractivity contribution in [1.82, 2.24) is 0 Å². The fraction of sp³-hybridized carbons (Fsp3) is 0.943. The molecule has 0 saturated heterocycles. The average Bonchev–Trinajstić information content (AvgIpc) is 3.22. The van der Waals surface area contributed by atoms with Crippen molar-refractivity contribution < 1.29 is 28.6 Å². The molecule has 0 heterocycles. The van der Waals surface area contributed by atoms with E-state index < -0.39 is 6.10 Å². The summed E-state index contributed by atoms with van der Waals surface area (Å²) in [5.74, 6) is 0.814.